The second-order valence-corrected chi connectivity index (χ2v) is 5.59. The highest BCUT2D eigenvalue weighted by Crippen LogP contribution is 2.19. The summed E-state index contributed by atoms with van der Waals surface area (Å²) >= 11 is 0. The van der Waals surface area contributed by atoms with E-state index in [2.05, 4.69) is 40.5 Å². The predicted molar refractivity (Wildman–Crippen MR) is 83.0 cm³/mol. The second kappa shape index (κ2) is 7.29. The van der Waals surface area contributed by atoms with Crippen LogP contribution in [-0.4, -0.2) is 50.6 Å². The zero-order valence-corrected chi connectivity index (χ0v) is 12.5. The van der Waals surface area contributed by atoms with Crippen LogP contribution in [0.2, 0.25) is 0 Å². The molecule has 4 heteroatoms. The molecule has 1 heterocycles. The van der Waals surface area contributed by atoms with Crippen LogP contribution in [0, 0.1) is 0 Å². The first-order chi connectivity index (χ1) is 9.66. The molecule has 0 unspecified atom stereocenters. The third-order valence-electron chi connectivity index (χ3n) is 3.89. The third-order valence-corrected chi connectivity index (χ3v) is 3.89. The van der Waals surface area contributed by atoms with E-state index in [4.69, 9.17) is 0 Å². The average molecular weight is 275 g/mol. The second-order valence-electron chi connectivity index (χ2n) is 5.59. The maximum Gasteiger partial charge on any atom is 0.223 e. The van der Waals surface area contributed by atoms with Crippen molar-refractivity contribution in [2.45, 2.75) is 25.3 Å². The minimum absolute atomic E-state index is 0.194. The zero-order chi connectivity index (χ0) is 14.4. The summed E-state index contributed by atoms with van der Waals surface area (Å²) < 4.78 is 0. The Hall–Kier alpha value is -1.55. The predicted octanol–water partition coefficient (Wildman–Crippen LogP) is 1.72. The number of amides is 1. The van der Waals surface area contributed by atoms with Crippen molar-refractivity contribution in [2.75, 3.05) is 38.6 Å². The van der Waals surface area contributed by atoms with Gasteiger partial charge in [0.2, 0.25) is 5.91 Å². The van der Waals surface area contributed by atoms with Crippen LogP contribution < -0.4 is 10.2 Å². The standard InChI is InChI=1S/C16H25N3O/c1-18(2)16(20)8-11-17-14-9-12-19(13-10-14)15-6-4-3-5-7-15/h3-7,14,17H,8-13H2,1-2H3. The maximum absolute atomic E-state index is 11.5. The van der Waals surface area contributed by atoms with Crippen LogP contribution in [0.25, 0.3) is 0 Å². The van der Waals surface area contributed by atoms with Crippen LogP contribution >= 0.6 is 0 Å². The van der Waals surface area contributed by atoms with Crippen molar-refractivity contribution in [3.8, 4) is 0 Å². The zero-order valence-electron chi connectivity index (χ0n) is 12.5. The van der Waals surface area contributed by atoms with E-state index in [9.17, 15) is 4.79 Å². The summed E-state index contributed by atoms with van der Waals surface area (Å²) in [5.74, 6) is 0.194. The first kappa shape index (κ1) is 14.9. The molecule has 1 aromatic rings. The minimum Gasteiger partial charge on any atom is -0.371 e. The number of hydrogen-bond donors (Lipinski definition) is 1. The lowest BCUT2D eigenvalue weighted by Crippen LogP contribution is -2.43. The molecule has 1 aliphatic heterocycles. The fraction of sp³-hybridized carbons (Fsp3) is 0.562. The molecule has 0 aromatic heterocycles. The number of benzene rings is 1. The van der Waals surface area contributed by atoms with E-state index in [1.54, 1.807) is 19.0 Å². The Balaban J connectivity index is 1.68. The highest BCUT2D eigenvalue weighted by atomic mass is 16.2. The Morgan fingerprint density at radius 1 is 1.25 bits per heavy atom. The SMILES string of the molecule is CN(C)C(=O)CCNC1CCN(c2ccccc2)CC1. The van der Waals surface area contributed by atoms with Crippen LogP contribution in [0.1, 0.15) is 19.3 Å². The van der Waals surface area contributed by atoms with Gasteiger partial charge >= 0.3 is 0 Å². The van der Waals surface area contributed by atoms with E-state index in [-0.39, 0.29) is 5.91 Å². The normalized spacial score (nSPS) is 16.2. The highest BCUT2D eigenvalue weighted by Gasteiger charge is 2.18. The number of anilines is 1. The number of rotatable bonds is 5. The van der Waals surface area contributed by atoms with Gasteiger partial charge in [-0.2, -0.15) is 0 Å². The van der Waals surface area contributed by atoms with Gasteiger partial charge in [0, 0.05) is 51.9 Å². The fourth-order valence-electron chi connectivity index (χ4n) is 2.59. The summed E-state index contributed by atoms with van der Waals surface area (Å²) in [5.41, 5.74) is 1.31. The Morgan fingerprint density at radius 3 is 2.50 bits per heavy atom. The molecule has 0 bridgehead atoms. The van der Waals surface area contributed by atoms with E-state index in [0.29, 0.717) is 12.5 Å². The molecule has 0 saturated carbocycles. The van der Waals surface area contributed by atoms with Crippen molar-refractivity contribution >= 4 is 11.6 Å². The Morgan fingerprint density at radius 2 is 1.90 bits per heavy atom. The van der Waals surface area contributed by atoms with Crippen molar-refractivity contribution in [3.05, 3.63) is 30.3 Å². The van der Waals surface area contributed by atoms with E-state index in [0.717, 1.165) is 32.5 Å². The van der Waals surface area contributed by atoms with Crippen molar-refractivity contribution in [3.63, 3.8) is 0 Å². The van der Waals surface area contributed by atoms with Gasteiger partial charge in [-0.05, 0) is 25.0 Å². The van der Waals surface area contributed by atoms with Crippen LogP contribution in [0.15, 0.2) is 30.3 Å². The first-order valence-electron chi connectivity index (χ1n) is 7.40. The molecule has 1 N–H and O–H groups in total. The van der Waals surface area contributed by atoms with Gasteiger partial charge in [0.05, 0.1) is 0 Å². The van der Waals surface area contributed by atoms with Crippen LogP contribution in [0.4, 0.5) is 5.69 Å². The van der Waals surface area contributed by atoms with Gasteiger partial charge in [-0.15, -0.1) is 0 Å². The molecule has 1 saturated heterocycles. The summed E-state index contributed by atoms with van der Waals surface area (Å²) in [4.78, 5) is 15.6. The molecular formula is C16H25N3O. The van der Waals surface area contributed by atoms with Gasteiger partial charge in [-0.1, -0.05) is 18.2 Å². The van der Waals surface area contributed by atoms with Crippen LogP contribution in [0.5, 0.6) is 0 Å². The van der Waals surface area contributed by atoms with Crippen molar-refractivity contribution in [2.24, 2.45) is 0 Å². The van der Waals surface area contributed by atoms with Gasteiger partial charge in [0.15, 0.2) is 0 Å². The van der Waals surface area contributed by atoms with Crippen molar-refractivity contribution in [1.29, 1.82) is 0 Å². The Kier molecular flexibility index (Phi) is 5.41. The lowest BCUT2D eigenvalue weighted by atomic mass is 10.0. The quantitative estimate of drug-likeness (QED) is 0.889. The largest absolute Gasteiger partial charge is 0.371 e. The van der Waals surface area contributed by atoms with Gasteiger partial charge < -0.3 is 15.1 Å². The molecule has 1 fully saturated rings. The molecular weight excluding hydrogens is 250 g/mol. The highest BCUT2D eigenvalue weighted by molar-refractivity contribution is 5.75. The van der Waals surface area contributed by atoms with E-state index >= 15 is 0 Å². The number of piperidine rings is 1. The lowest BCUT2D eigenvalue weighted by Gasteiger charge is -2.34. The summed E-state index contributed by atoms with van der Waals surface area (Å²) in [6, 6.07) is 11.1. The molecule has 4 nitrogen and oxygen atoms in total. The Bertz CT molecular complexity index is 411. The molecule has 0 aliphatic carbocycles. The van der Waals surface area contributed by atoms with E-state index in [1.165, 1.54) is 5.69 Å². The molecule has 0 spiro atoms. The number of nitrogens with one attached hydrogen (secondary N) is 1. The van der Waals surface area contributed by atoms with Gasteiger partial charge in [-0.3, -0.25) is 4.79 Å². The molecule has 1 amide bonds. The van der Waals surface area contributed by atoms with Crippen LogP contribution in [-0.2, 0) is 4.79 Å². The van der Waals surface area contributed by atoms with E-state index < -0.39 is 0 Å². The van der Waals surface area contributed by atoms with Gasteiger partial charge in [0.25, 0.3) is 0 Å². The maximum atomic E-state index is 11.5. The fourth-order valence-corrected chi connectivity index (χ4v) is 2.59. The van der Waals surface area contributed by atoms with Crippen molar-refractivity contribution in [1.82, 2.24) is 10.2 Å². The number of carbonyl (C=O) groups is 1. The third kappa shape index (κ3) is 4.23. The summed E-state index contributed by atoms with van der Waals surface area (Å²) in [6.45, 7) is 2.96. The molecule has 110 valence electrons. The van der Waals surface area contributed by atoms with Crippen LogP contribution in [0.3, 0.4) is 0 Å². The molecule has 1 aliphatic rings. The van der Waals surface area contributed by atoms with E-state index in [1.807, 2.05) is 0 Å². The molecule has 0 radical (unpaired) electrons. The first-order valence-corrected chi connectivity index (χ1v) is 7.40. The number of para-hydroxylation sites is 1. The number of carbonyl (C=O) groups excluding carboxylic acids is 1. The molecule has 0 atom stereocenters. The summed E-state index contributed by atoms with van der Waals surface area (Å²) in [7, 11) is 3.61. The van der Waals surface area contributed by atoms with Gasteiger partial charge in [-0.25, -0.2) is 0 Å². The topological polar surface area (TPSA) is 35.6 Å². The van der Waals surface area contributed by atoms with Crippen molar-refractivity contribution < 1.29 is 4.79 Å². The number of nitrogens with zero attached hydrogens (tertiary/aromatic N) is 2. The summed E-state index contributed by atoms with van der Waals surface area (Å²) in [5, 5.41) is 3.51. The monoisotopic (exact) mass is 275 g/mol. The minimum atomic E-state index is 0.194. The smallest absolute Gasteiger partial charge is 0.223 e. The Labute approximate surface area is 121 Å². The van der Waals surface area contributed by atoms with Gasteiger partial charge in [0.1, 0.15) is 0 Å². The molecule has 2 rings (SSSR count). The summed E-state index contributed by atoms with van der Waals surface area (Å²) in [6.07, 6.45) is 2.88. The lowest BCUT2D eigenvalue weighted by molar-refractivity contribution is -0.128. The molecule has 1 aromatic carbocycles. The average Bonchev–Trinajstić information content (AvgIpc) is 2.48. The number of hydrogen-bond acceptors (Lipinski definition) is 3. The molecule has 20 heavy (non-hydrogen) atoms.